The molecule has 1 aliphatic rings. The first-order valence-corrected chi connectivity index (χ1v) is 5.74. The fourth-order valence-electron chi connectivity index (χ4n) is 1.97. The maximum atomic E-state index is 13.2. The lowest BCUT2D eigenvalue weighted by Crippen LogP contribution is -2.26. The Morgan fingerprint density at radius 1 is 0.882 bits per heavy atom. The summed E-state index contributed by atoms with van der Waals surface area (Å²) in [5.41, 5.74) is 1.50. The van der Waals surface area contributed by atoms with Crippen LogP contribution >= 0.6 is 0 Å². The van der Waals surface area contributed by atoms with Crippen molar-refractivity contribution in [2.75, 3.05) is 0 Å². The Balaban J connectivity index is 2.57. The predicted molar refractivity (Wildman–Crippen MR) is 60.8 cm³/mol. The third kappa shape index (κ3) is 2.08. The van der Waals surface area contributed by atoms with Gasteiger partial charge < -0.3 is 9.47 Å². The number of ether oxygens (including phenoxy) is 2. The van der Waals surface area contributed by atoms with Crippen molar-refractivity contribution in [1.82, 2.24) is 0 Å². The molecule has 0 aliphatic carbocycles. The Bertz CT molecular complexity index is 400. The normalized spacial score (nSPS) is 16.9. The molecule has 4 heteroatoms. The van der Waals surface area contributed by atoms with E-state index in [1.165, 1.54) is 0 Å². The van der Waals surface area contributed by atoms with Crippen LogP contribution in [0.2, 0.25) is 0 Å². The topological polar surface area (TPSA) is 18.5 Å². The third-order valence-corrected chi connectivity index (χ3v) is 2.86. The number of alkyl halides is 2. The molecular formula is C13H16F2O2. The van der Waals surface area contributed by atoms with E-state index in [1.807, 2.05) is 39.8 Å². The summed E-state index contributed by atoms with van der Waals surface area (Å²) in [6, 6.07) is 3.67. The van der Waals surface area contributed by atoms with Crippen LogP contribution in [0.4, 0.5) is 8.78 Å². The van der Waals surface area contributed by atoms with Gasteiger partial charge in [-0.2, -0.15) is 0 Å². The molecule has 1 aliphatic heterocycles. The molecule has 1 aromatic carbocycles. The summed E-state index contributed by atoms with van der Waals surface area (Å²) in [5, 5.41) is 0. The summed E-state index contributed by atoms with van der Waals surface area (Å²) in [4.78, 5) is 0. The Kier molecular flexibility index (Phi) is 2.76. The summed E-state index contributed by atoms with van der Waals surface area (Å²) < 4.78 is 35.6. The second-order valence-electron chi connectivity index (χ2n) is 4.88. The van der Waals surface area contributed by atoms with Crippen LogP contribution < -0.4 is 9.47 Å². The number of hydrogen-bond acceptors (Lipinski definition) is 2. The second-order valence-corrected chi connectivity index (χ2v) is 4.88. The van der Waals surface area contributed by atoms with Crippen molar-refractivity contribution >= 4 is 0 Å². The molecular weight excluding hydrogens is 226 g/mol. The molecule has 0 radical (unpaired) electrons. The molecule has 0 atom stereocenters. The van der Waals surface area contributed by atoms with Gasteiger partial charge in [0.2, 0.25) is 0 Å². The van der Waals surface area contributed by atoms with E-state index in [4.69, 9.17) is 0 Å². The van der Waals surface area contributed by atoms with Crippen molar-refractivity contribution in [2.24, 2.45) is 0 Å². The van der Waals surface area contributed by atoms with Crippen LogP contribution in [0.15, 0.2) is 12.1 Å². The van der Waals surface area contributed by atoms with Gasteiger partial charge in [-0.3, -0.25) is 0 Å². The first kappa shape index (κ1) is 12.1. The van der Waals surface area contributed by atoms with Gasteiger partial charge in [0.05, 0.1) is 0 Å². The fourth-order valence-corrected chi connectivity index (χ4v) is 1.97. The van der Waals surface area contributed by atoms with Gasteiger partial charge in [-0.25, -0.2) is 0 Å². The van der Waals surface area contributed by atoms with E-state index < -0.39 is 6.29 Å². The van der Waals surface area contributed by atoms with Crippen LogP contribution in [0.3, 0.4) is 0 Å². The third-order valence-electron chi connectivity index (χ3n) is 2.86. The Hall–Kier alpha value is -1.32. The van der Waals surface area contributed by atoms with Crippen LogP contribution in [0.25, 0.3) is 0 Å². The van der Waals surface area contributed by atoms with Gasteiger partial charge in [0, 0.05) is 11.1 Å². The van der Waals surface area contributed by atoms with E-state index in [0.29, 0.717) is 0 Å². The minimum Gasteiger partial charge on any atom is -0.395 e. The van der Waals surface area contributed by atoms with Gasteiger partial charge in [-0.1, -0.05) is 39.8 Å². The summed E-state index contributed by atoms with van der Waals surface area (Å²) in [5.74, 6) is 0.609. The maximum absolute atomic E-state index is 13.2. The molecule has 1 aromatic rings. The van der Waals surface area contributed by atoms with Gasteiger partial charge in [0.1, 0.15) is 0 Å². The zero-order valence-electron chi connectivity index (χ0n) is 10.4. The molecule has 0 spiro atoms. The standard InChI is InChI=1S/C13H16F2O2/c1-7(2)9-5-6-10(8(3)4)12-11(9)16-13(14,15)17-12/h5-8H,1-4H3. The SMILES string of the molecule is CC(C)c1ccc(C(C)C)c2c1OC(F)(F)O2. The Morgan fingerprint density at radius 3 is 1.53 bits per heavy atom. The first-order chi connectivity index (χ1) is 7.82. The summed E-state index contributed by atoms with van der Waals surface area (Å²) in [7, 11) is 0. The van der Waals surface area contributed by atoms with Crippen LogP contribution in [-0.4, -0.2) is 6.29 Å². The summed E-state index contributed by atoms with van der Waals surface area (Å²) in [6.07, 6.45) is -3.54. The van der Waals surface area contributed by atoms with Gasteiger partial charge >= 0.3 is 6.29 Å². The molecule has 0 aromatic heterocycles. The maximum Gasteiger partial charge on any atom is 0.586 e. The molecule has 0 amide bonds. The lowest BCUT2D eigenvalue weighted by Gasteiger charge is -2.13. The number of rotatable bonds is 2. The highest BCUT2D eigenvalue weighted by Gasteiger charge is 2.46. The number of fused-ring (bicyclic) bond motifs is 1. The van der Waals surface area contributed by atoms with Gasteiger partial charge in [0.15, 0.2) is 11.5 Å². The summed E-state index contributed by atoms with van der Waals surface area (Å²) >= 11 is 0. The lowest BCUT2D eigenvalue weighted by atomic mass is 9.95. The minimum atomic E-state index is -3.54. The van der Waals surface area contributed by atoms with Crippen LogP contribution in [0.1, 0.15) is 50.7 Å². The van der Waals surface area contributed by atoms with Crippen molar-refractivity contribution in [3.63, 3.8) is 0 Å². The van der Waals surface area contributed by atoms with Crippen molar-refractivity contribution in [3.8, 4) is 11.5 Å². The van der Waals surface area contributed by atoms with Crippen molar-refractivity contribution < 1.29 is 18.3 Å². The van der Waals surface area contributed by atoms with Crippen LogP contribution in [0.5, 0.6) is 11.5 Å². The fraction of sp³-hybridized carbons (Fsp3) is 0.538. The Labute approximate surface area is 99.5 Å². The van der Waals surface area contributed by atoms with E-state index in [0.717, 1.165) is 11.1 Å². The largest absolute Gasteiger partial charge is 0.586 e. The lowest BCUT2D eigenvalue weighted by molar-refractivity contribution is -0.287. The Morgan fingerprint density at radius 2 is 1.24 bits per heavy atom. The molecule has 1 heterocycles. The quantitative estimate of drug-likeness (QED) is 0.771. The van der Waals surface area contributed by atoms with E-state index in [2.05, 4.69) is 9.47 Å². The van der Waals surface area contributed by atoms with Gasteiger partial charge in [-0.15, -0.1) is 8.78 Å². The number of hydrogen-bond donors (Lipinski definition) is 0. The second kappa shape index (κ2) is 3.86. The van der Waals surface area contributed by atoms with Crippen molar-refractivity contribution in [2.45, 2.75) is 45.8 Å². The smallest absolute Gasteiger partial charge is 0.395 e. The molecule has 0 saturated carbocycles. The van der Waals surface area contributed by atoms with E-state index >= 15 is 0 Å². The first-order valence-electron chi connectivity index (χ1n) is 5.74. The van der Waals surface area contributed by atoms with Gasteiger partial charge in [0.25, 0.3) is 0 Å². The monoisotopic (exact) mass is 242 g/mol. The molecule has 0 fully saturated rings. The van der Waals surface area contributed by atoms with Gasteiger partial charge in [-0.05, 0) is 11.8 Å². The molecule has 0 unspecified atom stereocenters. The molecule has 0 saturated heterocycles. The molecule has 2 rings (SSSR count). The number of benzene rings is 1. The predicted octanol–water partition coefficient (Wildman–Crippen LogP) is 4.25. The van der Waals surface area contributed by atoms with E-state index in [-0.39, 0.29) is 23.3 Å². The minimum absolute atomic E-state index is 0.113. The van der Waals surface area contributed by atoms with E-state index in [9.17, 15) is 8.78 Å². The zero-order chi connectivity index (χ0) is 12.8. The van der Waals surface area contributed by atoms with Crippen LogP contribution in [0, 0.1) is 0 Å². The highest BCUT2D eigenvalue weighted by molar-refractivity contribution is 5.55. The van der Waals surface area contributed by atoms with Crippen LogP contribution in [-0.2, 0) is 0 Å². The zero-order valence-corrected chi connectivity index (χ0v) is 10.4. The van der Waals surface area contributed by atoms with Crippen molar-refractivity contribution in [1.29, 1.82) is 0 Å². The number of halogens is 2. The molecule has 2 nitrogen and oxygen atoms in total. The average molecular weight is 242 g/mol. The molecule has 94 valence electrons. The highest BCUT2D eigenvalue weighted by Crippen LogP contribution is 2.49. The molecule has 17 heavy (non-hydrogen) atoms. The summed E-state index contributed by atoms with van der Waals surface area (Å²) in [6.45, 7) is 7.74. The van der Waals surface area contributed by atoms with Crippen molar-refractivity contribution in [3.05, 3.63) is 23.3 Å². The highest BCUT2D eigenvalue weighted by atomic mass is 19.3. The average Bonchev–Trinajstić information content (AvgIpc) is 2.49. The molecule has 0 bridgehead atoms. The molecule has 0 N–H and O–H groups in total. The van der Waals surface area contributed by atoms with E-state index in [1.54, 1.807) is 0 Å².